The minimum atomic E-state index is -3.15. The van der Waals surface area contributed by atoms with Crippen LogP contribution in [0.2, 0.25) is 0 Å². The molecule has 9 heteroatoms. The molecular weight excluding hydrogens is 378 g/mol. The summed E-state index contributed by atoms with van der Waals surface area (Å²) in [5, 5.41) is 2.22. The van der Waals surface area contributed by atoms with Crippen molar-refractivity contribution in [3.63, 3.8) is 0 Å². The maximum Gasteiger partial charge on any atom is 0.234 e. The maximum atomic E-state index is 12.2. The zero-order chi connectivity index (χ0) is 18.7. The molecule has 0 spiro atoms. The molecular formula is C17H24ClN3O4S. The number of anilines is 1. The molecule has 2 atom stereocenters. The Labute approximate surface area is 159 Å². The van der Waals surface area contributed by atoms with Gasteiger partial charge in [-0.1, -0.05) is 12.1 Å². The van der Waals surface area contributed by atoms with Gasteiger partial charge >= 0.3 is 0 Å². The Hall–Kier alpha value is -1.51. The SMILES string of the molecule is COc1ccccc1N1CCN(CC(=O)N[C@@H]2CS(=O)(=O)C[C@@H]2Cl)CC1. The van der Waals surface area contributed by atoms with Gasteiger partial charge in [0.2, 0.25) is 5.91 Å². The largest absolute Gasteiger partial charge is 0.495 e. The number of hydrogen-bond donors (Lipinski definition) is 1. The monoisotopic (exact) mass is 401 g/mol. The fraction of sp³-hybridized carbons (Fsp3) is 0.588. The van der Waals surface area contributed by atoms with Crippen LogP contribution in [0, 0.1) is 0 Å². The number of rotatable bonds is 5. The molecule has 0 saturated carbocycles. The summed E-state index contributed by atoms with van der Waals surface area (Å²) in [6.45, 7) is 3.34. The van der Waals surface area contributed by atoms with Crippen molar-refractivity contribution in [3.05, 3.63) is 24.3 Å². The lowest BCUT2D eigenvalue weighted by Crippen LogP contribution is -2.51. The number of alkyl halides is 1. The average molecular weight is 402 g/mol. The molecule has 3 rings (SSSR count). The van der Waals surface area contributed by atoms with Crippen LogP contribution in [0.1, 0.15) is 0 Å². The van der Waals surface area contributed by atoms with E-state index in [1.165, 1.54) is 0 Å². The first-order valence-electron chi connectivity index (χ1n) is 8.62. The molecule has 0 radical (unpaired) electrons. The normalized spacial score (nSPS) is 25.8. The van der Waals surface area contributed by atoms with Crippen LogP contribution in [0.15, 0.2) is 24.3 Å². The Morgan fingerprint density at radius 3 is 2.54 bits per heavy atom. The number of amides is 1. The summed E-state index contributed by atoms with van der Waals surface area (Å²) >= 11 is 6.04. The van der Waals surface area contributed by atoms with Gasteiger partial charge in [0.25, 0.3) is 0 Å². The number of sulfone groups is 1. The summed E-state index contributed by atoms with van der Waals surface area (Å²) in [4.78, 5) is 16.5. The molecule has 0 aliphatic carbocycles. The lowest BCUT2D eigenvalue weighted by molar-refractivity contribution is -0.122. The van der Waals surface area contributed by atoms with E-state index in [0.29, 0.717) is 0 Å². The molecule has 0 bridgehead atoms. The Bertz CT molecular complexity index is 750. The van der Waals surface area contributed by atoms with Crippen LogP contribution in [-0.2, 0) is 14.6 Å². The molecule has 7 nitrogen and oxygen atoms in total. The molecule has 2 aliphatic rings. The summed E-state index contributed by atoms with van der Waals surface area (Å²) in [7, 11) is -1.49. The minimum Gasteiger partial charge on any atom is -0.495 e. The zero-order valence-electron chi connectivity index (χ0n) is 14.7. The van der Waals surface area contributed by atoms with Gasteiger partial charge in [0.15, 0.2) is 9.84 Å². The number of nitrogens with zero attached hydrogens (tertiary/aromatic N) is 2. The van der Waals surface area contributed by atoms with Crippen molar-refractivity contribution in [2.75, 3.05) is 56.2 Å². The van der Waals surface area contributed by atoms with Gasteiger partial charge in [0, 0.05) is 26.2 Å². The quantitative estimate of drug-likeness (QED) is 0.717. The summed E-state index contributed by atoms with van der Waals surface area (Å²) < 4.78 is 28.6. The van der Waals surface area contributed by atoms with Gasteiger partial charge in [-0.3, -0.25) is 9.69 Å². The molecule has 2 aliphatic heterocycles. The van der Waals surface area contributed by atoms with Crippen LogP contribution in [-0.4, -0.2) is 82.0 Å². The lowest BCUT2D eigenvalue weighted by atomic mass is 10.2. The number of ether oxygens (including phenoxy) is 1. The maximum absolute atomic E-state index is 12.2. The van der Waals surface area contributed by atoms with Gasteiger partial charge in [0.05, 0.1) is 42.3 Å². The molecule has 1 N–H and O–H groups in total. The summed E-state index contributed by atoms with van der Waals surface area (Å²) in [6, 6.07) is 7.39. The fourth-order valence-electron chi connectivity index (χ4n) is 3.43. The van der Waals surface area contributed by atoms with Crippen molar-refractivity contribution >= 4 is 33.0 Å². The van der Waals surface area contributed by atoms with Crippen LogP contribution >= 0.6 is 11.6 Å². The first-order chi connectivity index (χ1) is 12.4. The number of piperazine rings is 1. The summed E-state index contributed by atoms with van der Waals surface area (Å²) in [5.41, 5.74) is 1.06. The van der Waals surface area contributed by atoms with Crippen LogP contribution < -0.4 is 15.0 Å². The van der Waals surface area contributed by atoms with E-state index in [0.717, 1.165) is 37.6 Å². The molecule has 1 aromatic carbocycles. The third kappa shape index (κ3) is 4.61. The van der Waals surface area contributed by atoms with E-state index >= 15 is 0 Å². The van der Waals surface area contributed by atoms with Crippen molar-refractivity contribution in [1.29, 1.82) is 0 Å². The standard InChI is InChI=1S/C17H24ClN3O4S/c1-25-16-5-3-2-4-15(16)21-8-6-20(7-9-21)10-17(22)19-14-12-26(23,24)11-13(14)18/h2-5,13-14H,6-12H2,1H3,(H,19,22)/t13-,14+/m0/s1. The van der Waals surface area contributed by atoms with Crippen molar-refractivity contribution in [2.24, 2.45) is 0 Å². The smallest absolute Gasteiger partial charge is 0.234 e. The number of hydrogen-bond acceptors (Lipinski definition) is 6. The van der Waals surface area contributed by atoms with E-state index in [4.69, 9.17) is 16.3 Å². The van der Waals surface area contributed by atoms with Crippen LogP contribution in [0.3, 0.4) is 0 Å². The predicted octanol–water partition coefficient (Wildman–Crippen LogP) is 0.338. The second kappa shape index (κ2) is 8.02. The Balaban J connectivity index is 1.49. The molecule has 26 heavy (non-hydrogen) atoms. The molecule has 0 aromatic heterocycles. The second-order valence-electron chi connectivity index (χ2n) is 6.70. The van der Waals surface area contributed by atoms with E-state index in [1.54, 1.807) is 7.11 Å². The third-order valence-corrected chi connectivity index (χ3v) is 7.17. The molecule has 2 heterocycles. The third-order valence-electron chi connectivity index (χ3n) is 4.79. The highest BCUT2D eigenvalue weighted by atomic mass is 35.5. The van der Waals surface area contributed by atoms with E-state index in [2.05, 4.69) is 15.1 Å². The van der Waals surface area contributed by atoms with Crippen LogP contribution in [0.5, 0.6) is 5.75 Å². The van der Waals surface area contributed by atoms with E-state index < -0.39 is 21.3 Å². The Morgan fingerprint density at radius 1 is 1.23 bits per heavy atom. The van der Waals surface area contributed by atoms with E-state index in [-0.39, 0.29) is 24.0 Å². The number of methoxy groups -OCH3 is 1. The fourth-order valence-corrected chi connectivity index (χ4v) is 5.98. The molecule has 144 valence electrons. The molecule has 2 saturated heterocycles. The first-order valence-corrected chi connectivity index (χ1v) is 10.9. The highest BCUT2D eigenvalue weighted by molar-refractivity contribution is 7.91. The van der Waals surface area contributed by atoms with E-state index in [9.17, 15) is 13.2 Å². The zero-order valence-corrected chi connectivity index (χ0v) is 16.3. The number of halogens is 1. The first kappa shape index (κ1) is 19.3. The topological polar surface area (TPSA) is 79.0 Å². The number of benzene rings is 1. The van der Waals surface area contributed by atoms with Crippen molar-refractivity contribution in [3.8, 4) is 5.75 Å². The molecule has 0 unspecified atom stereocenters. The van der Waals surface area contributed by atoms with Crippen molar-refractivity contribution < 1.29 is 17.9 Å². The summed E-state index contributed by atoms with van der Waals surface area (Å²) in [6.07, 6.45) is 0. The molecule has 1 aromatic rings. The van der Waals surface area contributed by atoms with Crippen LogP contribution in [0.4, 0.5) is 5.69 Å². The highest BCUT2D eigenvalue weighted by Crippen LogP contribution is 2.28. The van der Waals surface area contributed by atoms with Gasteiger partial charge in [-0.15, -0.1) is 11.6 Å². The Morgan fingerprint density at radius 2 is 1.92 bits per heavy atom. The number of carbonyl (C=O) groups excluding carboxylic acids is 1. The van der Waals surface area contributed by atoms with Gasteiger partial charge in [-0.25, -0.2) is 8.42 Å². The van der Waals surface area contributed by atoms with Gasteiger partial charge < -0.3 is 15.0 Å². The van der Waals surface area contributed by atoms with Gasteiger partial charge in [-0.2, -0.15) is 0 Å². The molecule has 1 amide bonds. The highest BCUT2D eigenvalue weighted by Gasteiger charge is 2.37. The van der Waals surface area contributed by atoms with E-state index in [1.807, 2.05) is 24.3 Å². The van der Waals surface area contributed by atoms with Crippen molar-refractivity contribution in [1.82, 2.24) is 10.2 Å². The number of carbonyl (C=O) groups is 1. The number of nitrogens with one attached hydrogen (secondary N) is 1. The van der Waals surface area contributed by atoms with Gasteiger partial charge in [-0.05, 0) is 12.1 Å². The second-order valence-corrected chi connectivity index (χ2v) is 9.42. The average Bonchev–Trinajstić information content (AvgIpc) is 2.87. The lowest BCUT2D eigenvalue weighted by Gasteiger charge is -2.36. The number of para-hydroxylation sites is 2. The predicted molar refractivity (Wildman–Crippen MR) is 102 cm³/mol. The van der Waals surface area contributed by atoms with Crippen molar-refractivity contribution in [2.45, 2.75) is 11.4 Å². The molecule has 2 fully saturated rings. The summed E-state index contributed by atoms with van der Waals surface area (Å²) in [5.74, 6) is 0.517. The minimum absolute atomic E-state index is 0.0723. The van der Waals surface area contributed by atoms with Gasteiger partial charge in [0.1, 0.15) is 5.75 Å². The Kier molecular flexibility index (Phi) is 5.94. The van der Waals surface area contributed by atoms with Crippen LogP contribution in [0.25, 0.3) is 0 Å².